The molecule has 0 aromatic heterocycles. The van der Waals surface area contributed by atoms with Crippen molar-refractivity contribution in [2.24, 2.45) is 5.92 Å². The summed E-state index contributed by atoms with van der Waals surface area (Å²) in [6.07, 6.45) is 1.93. The van der Waals surface area contributed by atoms with Crippen molar-refractivity contribution in [3.8, 4) is 0 Å². The van der Waals surface area contributed by atoms with Gasteiger partial charge in [0.05, 0.1) is 18.0 Å². The molecule has 0 unspecified atom stereocenters. The molecule has 29 heavy (non-hydrogen) atoms. The van der Waals surface area contributed by atoms with Gasteiger partial charge >= 0.3 is 35.6 Å². The van der Waals surface area contributed by atoms with Gasteiger partial charge in [-0.05, 0) is 25.7 Å². The first-order valence-electron chi connectivity index (χ1n) is 8.97. The third kappa shape index (κ3) is 5.47. The normalized spacial score (nSPS) is 26.8. The molecule has 3 saturated heterocycles. The summed E-state index contributed by atoms with van der Waals surface area (Å²) in [4.78, 5) is 39.2. The predicted molar refractivity (Wildman–Crippen MR) is 92.4 cm³/mol. The zero-order valence-corrected chi connectivity index (χ0v) is 19.1. The first-order valence-corrected chi connectivity index (χ1v) is 10.3. The summed E-state index contributed by atoms with van der Waals surface area (Å²) < 4.78 is 36.7. The minimum atomic E-state index is -5.09. The molecule has 2 bridgehead atoms. The molecule has 2 N–H and O–H groups in total. The van der Waals surface area contributed by atoms with Crippen molar-refractivity contribution < 1.29 is 61.2 Å². The summed E-state index contributed by atoms with van der Waals surface area (Å²) in [5.74, 6) is -1.11. The molecule has 12 nitrogen and oxygen atoms in total. The van der Waals surface area contributed by atoms with E-state index in [0.29, 0.717) is 37.3 Å². The summed E-state index contributed by atoms with van der Waals surface area (Å²) in [6.45, 7) is 2.42. The Balaban J connectivity index is 0.00000300. The Hall–Kier alpha value is -1.25. The number of amidine groups is 1. The van der Waals surface area contributed by atoms with E-state index in [0.717, 1.165) is 0 Å². The van der Waals surface area contributed by atoms with Crippen LogP contribution in [0, 0.1) is 11.3 Å². The van der Waals surface area contributed by atoms with Crippen molar-refractivity contribution in [3.05, 3.63) is 0 Å². The van der Waals surface area contributed by atoms with Gasteiger partial charge in [0, 0.05) is 26.6 Å². The number of nitrogens with one attached hydrogen (secondary N) is 2. The minimum Gasteiger partial charge on any atom is -0.724 e. The van der Waals surface area contributed by atoms with E-state index in [1.54, 1.807) is 4.90 Å². The maximum atomic E-state index is 12.5. The van der Waals surface area contributed by atoms with Crippen LogP contribution in [0.1, 0.15) is 32.6 Å². The van der Waals surface area contributed by atoms with Crippen molar-refractivity contribution in [3.63, 3.8) is 0 Å². The fourth-order valence-corrected chi connectivity index (χ4v) is 4.31. The molecule has 3 fully saturated rings. The fraction of sp³-hybridized carbons (Fsp3) is 0.733. The van der Waals surface area contributed by atoms with Crippen molar-refractivity contribution in [2.45, 2.75) is 44.7 Å². The smallest absolute Gasteiger partial charge is 0.724 e. The maximum Gasteiger partial charge on any atom is 1.00 e. The van der Waals surface area contributed by atoms with Gasteiger partial charge in [0.15, 0.2) is 0 Å². The van der Waals surface area contributed by atoms with E-state index in [-0.39, 0.29) is 60.3 Å². The topological polar surface area (TPSA) is 163 Å². The van der Waals surface area contributed by atoms with Crippen LogP contribution in [0.25, 0.3) is 0 Å². The van der Waals surface area contributed by atoms with Crippen molar-refractivity contribution in [1.29, 1.82) is 5.41 Å². The number of likely N-dealkylation sites (tertiary alicyclic amines) is 1. The molecule has 3 aliphatic heterocycles. The van der Waals surface area contributed by atoms with E-state index >= 15 is 0 Å². The van der Waals surface area contributed by atoms with Crippen LogP contribution < -0.4 is 34.9 Å². The van der Waals surface area contributed by atoms with Gasteiger partial charge in [-0.15, -0.1) is 0 Å². The van der Waals surface area contributed by atoms with Crippen LogP contribution in [-0.4, -0.2) is 83.2 Å². The number of hydroxylamine groups is 2. The van der Waals surface area contributed by atoms with Crippen LogP contribution in [0.3, 0.4) is 0 Å². The average Bonchev–Trinajstić information content (AvgIpc) is 2.85. The van der Waals surface area contributed by atoms with E-state index in [2.05, 4.69) is 9.60 Å². The van der Waals surface area contributed by atoms with E-state index in [9.17, 15) is 27.4 Å². The Morgan fingerprint density at radius 1 is 1.24 bits per heavy atom. The molecule has 3 aliphatic rings. The van der Waals surface area contributed by atoms with Crippen LogP contribution in [0.5, 0.6) is 0 Å². The van der Waals surface area contributed by atoms with Crippen LogP contribution >= 0.6 is 0 Å². The molecule has 0 aromatic carbocycles. The number of carbonyl (C=O) groups is 3. The van der Waals surface area contributed by atoms with E-state index < -0.39 is 34.4 Å². The third-order valence-electron chi connectivity index (χ3n) is 5.32. The summed E-state index contributed by atoms with van der Waals surface area (Å²) in [7, 11) is -5.09. The van der Waals surface area contributed by atoms with Gasteiger partial charge in [-0.3, -0.25) is 15.0 Å². The summed E-state index contributed by atoms with van der Waals surface area (Å²) >= 11 is 0. The van der Waals surface area contributed by atoms with Gasteiger partial charge in [-0.2, -0.15) is 9.35 Å². The van der Waals surface area contributed by atoms with Crippen molar-refractivity contribution >= 4 is 34.1 Å². The molecular weight excluding hydrogens is 417 g/mol. The van der Waals surface area contributed by atoms with Crippen molar-refractivity contribution in [2.75, 3.05) is 19.6 Å². The van der Waals surface area contributed by atoms with Crippen LogP contribution in [0.15, 0.2) is 0 Å². The van der Waals surface area contributed by atoms with Gasteiger partial charge in [0.25, 0.3) is 0 Å². The van der Waals surface area contributed by atoms with E-state index in [1.807, 2.05) is 0 Å². The zero-order chi connectivity index (χ0) is 20.6. The molecule has 3 atom stereocenters. The molecule has 0 spiro atoms. The number of carbonyl (C=O) groups excluding carboxylic acids is 3. The molecule has 0 saturated carbocycles. The number of piperidine rings is 2. The Bertz CT molecular complexity index is 807. The zero-order valence-electron chi connectivity index (χ0n) is 16.3. The van der Waals surface area contributed by atoms with Crippen LogP contribution in [0.4, 0.5) is 4.79 Å². The summed E-state index contributed by atoms with van der Waals surface area (Å²) in [6, 6.07) is -2.17. The minimum absolute atomic E-state index is 0. The number of hydrogen-bond acceptors (Lipinski definition) is 8. The van der Waals surface area contributed by atoms with Gasteiger partial charge in [-0.1, -0.05) is 0 Å². The molecule has 4 amide bonds. The van der Waals surface area contributed by atoms with Crippen molar-refractivity contribution in [1.82, 2.24) is 20.2 Å². The van der Waals surface area contributed by atoms with Crippen LogP contribution in [-0.2, 0) is 24.3 Å². The Morgan fingerprint density at radius 3 is 2.55 bits per heavy atom. The molecule has 156 valence electrons. The fourth-order valence-electron chi connectivity index (χ4n) is 3.92. The largest absolute Gasteiger partial charge is 1.00 e. The van der Waals surface area contributed by atoms with E-state index in [4.69, 9.17) is 5.41 Å². The molecule has 3 heterocycles. The first-order chi connectivity index (χ1) is 13.1. The van der Waals surface area contributed by atoms with Gasteiger partial charge in [0.1, 0.15) is 5.84 Å². The number of amides is 4. The average molecular weight is 439 g/mol. The van der Waals surface area contributed by atoms with Gasteiger partial charge < -0.3 is 19.7 Å². The second-order valence-corrected chi connectivity index (χ2v) is 8.16. The number of nitrogens with zero attached hydrogens (tertiary/aromatic N) is 3. The molecule has 3 rings (SSSR count). The SMILES string of the molecule is CC(=O)N1CCC[C@@H](C(=O)NC(=N)[C@@H]2CC[C@@H]3CN2C(=O)N3OS(=O)(=O)[O-])C1.[Na+]. The number of rotatable bonds is 4. The number of hydrogen-bond donors (Lipinski definition) is 2. The predicted octanol–water partition coefficient (Wildman–Crippen LogP) is -4.00. The molecule has 0 aromatic rings. The second kappa shape index (κ2) is 9.27. The van der Waals surface area contributed by atoms with E-state index in [1.165, 1.54) is 11.8 Å². The number of urea groups is 1. The molecule has 0 aliphatic carbocycles. The Morgan fingerprint density at radius 2 is 1.93 bits per heavy atom. The quantitative estimate of drug-likeness (QED) is 0.148. The van der Waals surface area contributed by atoms with Crippen LogP contribution in [0.2, 0.25) is 0 Å². The Labute approximate surface area is 190 Å². The number of fused-ring (bicyclic) bond motifs is 2. The van der Waals surface area contributed by atoms with Gasteiger partial charge in [-0.25, -0.2) is 13.2 Å². The monoisotopic (exact) mass is 439 g/mol. The molecule has 14 heteroatoms. The van der Waals surface area contributed by atoms with Gasteiger partial charge in [0.2, 0.25) is 22.2 Å². The molecule has 0 radical (unpaired) electrons. The third-order valence-corrected chi connectivity index (χ3v) is 5.67. The second-order valence-electron chi connectivity index (χ2n) is 7.20. The molecular formula is C15H22N5NaO7S. The Kier molecular flexibility index (Phi) is 7.68. The maximum absolute atomic E-state index is 12.5. The summed E-state index contributed by atoms with van der Waals surface area (Å²) in [5, 5.41) is 11.3. The summed E-state index contributed by atoms with van der Waals surface area (Å²) in [5.41, 5.74) is 0. The first kappa shape index (κ1) is 24.0. The standard InChI is InChI=1S/C15H23N5O7S.Na/c1-9(21)18-6-2-3-10(7-18)14(22)17-13(16)12-5-4-11-8-19(12)15(23)20(11)27-28(24,25)26;/h10-12H,2-8H2,1H3,(H2,16,17,22)(H,24,25,26);/q;+1/p-1/t10-,11-,12+;/m1./s1.